The molecule has 45 heavy (non-hydrogen) atoms. The van der Waals surface area contributed by atoms with Gasteiger partial charge in [-0.25, -0.2) is 0 Å². The largest absolute Gasteiger partial charge is 0.493 e. The quantitative estimate of drug-likeness (QED) is 0.184. The summed E-state index contributed by atoms with van der Waals surface area (Å²) >= 11 is 0. The molecule has 0 saturated carbocycles. The highest BCUT2D eigenvalue weighted by molar-refractivity contribution is 6.13. The zero-order valence-corrected chi connectivity index (χ0v) is 25.5. The molecule has 2 amide bonds. The van der Waals surface area contributed by atoms with Crippen molar-refractivity contribution in [2.45, 2.75) is 25.8 Å². The topological polar surface area (TPSA) is 92.8 Å². The van der Waals surface area contributed by atoms with E-state index in [9.17, 15) is 9.59 Å². The lowest BCUT2D eigenvalue weighted by Crippen LogP contribution is -2.31. The predicted octanol–water partition coefficient (Wildman–Crippen LogP) is 6.75. The zero-order chi connectivity index (χ0) is 31.2. The first kappa shape index (κ1) is 29.8. The second kappa shape index (κ2) is 13.6. The number of rotatable bonds is 10. The molecule has 8 heteroatoms. The Morgan fingerprint density at radius 2 is 1.56 bits per heavy atom. The molecule has 0 spiro atoms. The average molecular weight is 601 g/mol. The Bertz CT molecular complexity index is 1840. The number of benzene rings is 4. The first-order chi connectivity index (χ1) is 22.0. The molecule has 1 aliphatic rings. The fourth-order valence-corrected chi connectivity index (χ4v) is 5.77. The maximum absolute atomic E-state index is 13.2. The third kappa shape index (κ3) is 6.97. The SMILES string of the molecule is COc1cc2c(cc1OC)CN(CCCc1ccc(NC(=O)c3ccccc3NC(=O)c3cnc4ccccc4c3)cc1)CC2. The van der Waals surface area contributed by atoms with Crippen LogP contribution in [0.3, 0.4) is 0 Å². The van der Waals surface area contributed by atoms with E-state index in [1.165, 1.54) is 16.7 Å². The Hall–Kier alpha value is -5.21. The van der Waals surface area contributed by atoms with Gasteiger partial charge in [-0.3, -0.25) is 19.5 Å². The van der Waals surface area contributed by atoms with Gasteiger partial charge in [0.25, 0.3) is 11.8 Å². The van der Waals surface area contributed by atoms with Crippen molar-refractivity contribution in [3.63, 3.8) is 0 Å². The smallest absolute Gasteiger partial charge is 0.257 e. The van der Waals surface area contributed by atoms with Crippen LogP contribution in [0.1, 0.15) is 43.8 Å². The van der Waals surface area contributed by atoms with E-state index in [1.807, 2.05) is 36.4 Å². The number of carbonyl (C=O) groups excluding carboxylic acids is 2. The summed E-state index contributed by atoms with van der Waals surface area (Å²) < 4.78 is 11.0. The van der Waals surface area contributed by atoms with Gasteiger partial charge in [0.1, 0.15) is 0 Å². The Balaban J connectivity index is 1.02. The Morgan fingerprint density at radius 1 is 0.822 bits per heavy atom. The Morgan fingerprint density at radius 3 is 2.36 bits per heavy atom. The zero-order valence-electron chi connectivity index (χ0n) is 25.5. The van der Waals surface area contributed by atoms with Gasteiger partial charge in [-0.2, -0.15) is 0 Å². The highest BCUT2D eigenvalue weighted by Crippen LogP contribution is 2.33. The molecule has 0 unspecified atom stereocenters. The van der Waals surface area contributed by atoms with E-state index in [0.717, 1.165) is 61.3 Å². The predicted molar refractivity (Wildman–Crippen MR) is 177 cm³/mol. The molecule has 0 aliphatic carbocycles. The number of nitrogens with one attached hydrogen (secondary N) is 2. The van der Waals surface area contributed by atoms with Gasteiger partial charge < -0.3 is 20.1 Å². The number of hydrogen-bond donors (Lipinski definition) is 2. The average Bonchev–Trinajstić information content (AvgIpc) is 3.08. The van der Waals surface area contributed by atoms with E-state index in [2.05, 4.69) is 44.8 Å². The lowest BCUT2D eigenvalue weighted by Gasteiger charge is -2.29. The molecule has 8 nitrogen and oxygen atoms in total. The summed E-state index contributed by atoms with van der Waals surface area (Å²) in [5.41, 5.74) is 6.58. The van der Waals surface area contributed by atoms with E-state index in [-0.39, 0.29) is 11.8 Å². The van der Waals surface area contributed by atoms with Crippen LogP contribution in [0.2, 0.25) is 0 Å². The molecular weight excluding hydrogens is 564 g/mol. The third-order valence-corrected chi connectivity index (χ3v) is 8.22. The molecule has 228 valence electrons. The van der Waals surface area contributed by atoms with Crippen molar-refractivity contribution in [1.29, 1.82) is 0 Å². The molecule has 0 fully saturated rings. The number of para-hydroxylation sites is 2. The van der Waals surface area contributed by atoms with Gasteiger partial charge in [0.2, 0.25) is 0 Å². The molecule has 0 radical (unpaired) electrons. The van der Waals surface area contributed by atoms with Gasteiger partial charge in [0.15, 0.2) is 11.5 Å². The van der Waals surface area contributed by atoms with Crippen molar-refractivity contribution >= 4 is 34.1 Å². The van der Waals surface area contributed by atoms with Crippen molar-refractivity contribution in [3.05, 3.63) is 125 Å². The van der Waals surface area contributed by atoms with Crippen LogP contribution in [-0.2, 0) is 19.4 Å². The van der Waals surface area contributed by atoms with E-state index in [4.69, 9.17) is 9.47 Å². The number of carbonyl (C=O) groups is 2. The van der Waals surface area contributed by atoms with Gasteiger partial charge in [-0.1, -0.05) is 42.5 Å². The standard InChI is InChI=1S/C37H36N4O4/c1-44-34-21-26-17-19-41(24-29(26)22-35(34)45-2)18-7-8-25-13-15-30(16-14-25)39-37(43)31-10-4-6-12-33(31)40-36(42)28-20-27-9-3-5-11-32(27)38-23-28/h3-6,9-16,20-23H,7-8,17-19,24H2,1-2H3,(H,39,43)(H,40,42). The Labute approximate surface area is 263 Å². The van der Waals surface area contributed by atoms with Crippen molar-refractivity contribution in [2.75, 3.05) is 37.9 Å². The fourth-order valence-electron chi connectivity index (χ4n) is 5.77. The van der Waals surface area contributed by atoms with Gasteiger partial charge in [0, 0.05) is 30.4 Å². The van der Waals surface area contributed by atoms with E-state index >= 15 is 0 Å². The lowest BCUT2D eigenvalue weighted by atomic mass is 9.98. The highest BCUT2D eigenvalue weighted by Gasteiger charge is 2.19. The van der Waals surface area contributed by atoms with Crippen LogP contribution in [0.5, 0.6) is 11.5 Å². The third-order valence-electron chi connectivity index (χ3n) is 8.22. The normalized spacial score (nSPS) is 12.8. The van der Waals surface area contributed by atoms with Crippen molar-refractivity contribution in [2.24, 2.45) is 0 Å². The van der Waals surface area contributed by atoms with Crippen molar-refractivity contribution in [3.8, 4) is 11.5 Å². The maximum atomic E-state index is 13.2. The van der Waals surface area contributed by atoms with Crippen molar-refractivity contribution < 1.29 is 19.1 Å². The van der Waals surface area contributed by atoms with E-state index in [0.29, 0.717) is 22.5 Å². The molecule has 0 atom stereocenters. The van der Waals surface area contributed by atoms with Crippen LogP contribution < -0.4 is 20.1 Å². The maximum Gasteiger partial charge on any atom is 0.257 e. The number of pyridine rings is 1. The Kier molecular flexibility index (Phi) is 9.03. The lowest BCUT2D eigenvalue weighted by molar-refractivity contribution is 0.102. The molecule has 2 heterocycles. The number of anilines is 2. The van der Waals surface area contributed by atoms with Crippen LogP contribution >= 0.6 is 0 Å². The molecular formula is C37H36N4O4. The summed E-state index contributed by atoms with van der Waals surface area (Å²) in [6.45, 7) is 2.93. The van der Waals surface area contributed by atoms with Gasteiger partial charge >= 0.3 is 0 Å². The second-order valence-corrected chi connectivity index (χ2v) is 11.2. The first-order valence-corrected chi connectivity index (χ1v) is 15.1. The molecule has 1 aromatic heterocycles. The van der Waals surface area contributed by atoms with Crippen LogP contribution in [-0.4, -0.2) is 49.0 Å². The summed E-state index contributed by atoms with van der Waals surface area (Å²) in [6, 6.07) is 28.6. The summed E-state index contributed by atoms with van der Waals surface area (Å²) in [5, 5.41) is 6.72. The number of amides is 2. The summed E-state index contributed by atoms with van der Waals surface area (Å²) in [7, 11) is 3.35. The summed E-state index contributed by atoms with van der Waals surface area (Å²) in [4.78, 5) is 33.1. The van der Waals surface area contributed by atoms with Crippen LogP contribution in [0.15, 0.2) is 97.2 Å². The van der Waals surface area contributed by atoms with Crippen LogP contribution in [0, 0.1) is 0 Å². The number of fused-ring (bicyclic) bond motifs is 2. The van der Waals surface area contributed by atoms with Gasteiger partial charge in [-0.15, -0.1) is 0 Å². The minimum Gasteiger partial charge on any atom is -0.493 e. The van der Waals surface area contributed by atoms with E-state index in [1.54, 1.807) is 50.7 Å². The van der Waals surface area contributed by atoms with Crippen LogP contribution in [0.25, 0.3) is 10.9 Å². The highest BCUT2D eigenvalue weighted by atomic mass is 16.5. The van der Waals surface area contributed by atoms with Gasteiger partial charge in [-0.05, 0) is 91.0 Å². The van der Waals surface area contributed by atoms with Gasteiger partial charge in [0.05, 0.1) is 36.6 Å². The number of hydrogen-bond acceptors (Lipinski definition) is 6. The monoisotopic (exact) mass is 600 g/mol. The number of methoxy groups -OCH3 is 2. The number of nitrogens with zero attached hydrogens (tertiary/aromatic N) is 2. The van der Waals surface area contributed by atoms with Crippen LogP contribution in [0.4, 0.5) is 11.4 Å². The minimum absolute atomic E-state index is 0.296. The molecule has 6 rings (SSSR count). The fraction of sp³-hybridized carbons (Fsp3) is 0.216. The molecule has 0 saturated heterocycles. The molecule has 0 bridgehead atoms. The summed E-state index contributed by atoms with van der Waals surface area (Å²) in [6.07, 6.45) is 4.52. The number of ether oxygens (including phenoxy) is 2. The first-order valence-electron chi connectivity index (χ1n) is 15.1. The number of aromatic nitrogens is 1. The summed E-state index contributed by atoms with van der Waals surface area (Å²) in [5.74, 6) is 0.939. The molecule has 1 aliphatic heterocycles. The molecule has 4 aromatic carbocycles. The van der Waals surface area contributed by atoms with Crippen molar-refractivity contribution in [1.82, 2.24) is 9.88 Å². The second-order valence-electron chi connectivity index (χ2n) is 11.2. The molecule has 2 N–H and O–H groups in total. The van der Waals surface area contributed by atoms with E-state index < -0.39 is 0 Å². The minimum atomic E-state index is -0.327. The molecule has 5 aromatic rings. The number of aryl methyl sites for hydroxylation is 1.